The fraction of sp³-hybridized carbons (Fsp3) is 0.300. The molecule has 21 heavy (non-hydrogen) atoms. The van der Waals surface area contributed by atoms with Crippen molar-refractivity contribution in [3.05, 3.63) is 77.1 Å². The highest BCUT2D eigenvalue weighted by Gasteiger charge is 2.10. The molecule has 2 aromatic carbocycles. The Morgan fingerprint density at radius 3 is 2.24 bits per heavy atom. The van der Waals surface area contributed by atoms with E-state index >= 15 is 0 Å². The first-order valence-corrected chi connectivity index (χ1v) is 7.54. The largest absolute Gasteiger partial charge is 0.207 e. The van der Waals surface area contributed by atoms with Crippen molar-refractivity contribution in [1.82, 2.24) is 0 Å². The highest BCUT2D eigenvalue weighted by molar-refractivity contribution is 5.61. The summed E-state index contributed by atoms with van der Waals surface area (Å²) in [6, 6.07) is 14.0. The molecule has 110 valence electrons. The molecule has 0 radical (unpaired) electrons. The number of benzene rings is 2. The number of hydrogen-bond acceptors (Lipinski definition) is 0. The molecule has 0 fully saturated rings. The summed E-state index contributed by atoms with van der Waals surface area (Å²) in [5, 5.41) is 0. The van der Waals surface area contributed by atoms with Crippen LogP contribution < -0.4 is 0 Å². The van der Waals surface area contributed by atoms with E-state index in [9.17, 15) is 4.39 Å². The van der Waals surface area contributed by atoms with Gasteiger partial charge in [0.2, 0.25) is 0 Å². The molecule has 0 bridgehead atoms. The Bertz CT molecular complexity index is 623. The third-order valence-electron chi connectivity index (χ3n) is 4.06. The second kappa shape index (κ2) is 6.71. The molecule has 0 aliphatic heterocycles. The molecule has 0 aromatic heterocycles. The van der Waals surface area contributed by atoms with Crippen molar-refractivity contribution < 1.29 is 4.39 Å². The van der Waals surface area contributed by atoms with Gasteiger partial charge in [0.25, 0.3) is 0 Å². The predicted molar refractivity (Wildman–Crippen MR) is 89.1 cm³/mol. The van der Waals surface area contributed by atoms with E-state index in [-0.39, 0.29) is 11.7 Å². The van der Waals surface area contributed by atoms with Crippen molar-refractivity contribution >= 4 is 5.57 Å². The standard InChI is InChI=1S/C20H23F/c1-5-15(4)19-11-8-17(13-20(19)21)12-16-6-9-18(10-7-16)14(2)3/h6-11,13,15H,2,5,12H2,1,3-4H3. The lowest BCUT2D eigenvalue weighted by Gasteiger charge is -2.12. The average Bonchev–Trinajstić information content (AvgIpc) is 2.47. The van der Waals surface area contributed by atoms with Gasteiger partial charge in [-0.25, -0.2) is 4.39 Å². The van der Waals surface area contributed by atoms with Crippen molar-refractivity contribution in [1.29, 1.82) is 0 Å². The molecule has 1 heteroatoms. The van der Waals surface area contributed by atoms with Crippen LogP contribution in [-0.2, 0) is 6.42 Å². The van der Waals surface area contributed by atoms with Crippen LogP contribution in [0.3, 0.4) is 0 Å². The Kier molecular flexibility index (Phi) is 4.95. The molecule has 0 saturated carbocycles. The normalized spacial score (nSPS) is 12.2. The van der Waals surface area contributed by atoms with E-state index in [0.717, 1.165) is 35.1 Å². The monoisotopic (exact) mass is 282 g/mol. The molecule has 0 saturated heterocycles. The van der Waals surface area contributed by atoms with E-state index in [1.54, 1.807) is 6.07 Å². The second-order valence-corrected chi connectivity index (χ2v) is 5.82. The van der Waals surface area contributed by atoms with Crippen LogP contribution in [0.5, 0.6) is 0 Å². The summed E-state index contributed by atoms with van der Waals surface area (Å²) in [7, 11) is 0. The molecule has 0 aliphatic rings. The van der Waals surface area contributed by atoms with Gasteiger partial charge >= 0.3 is 0 Å². The first-order valence-electron chi connectivity index (χ1n) is 7.54. The zero-order valence-corrected chi connectivity index (χ0v) is 13.1. The topological polar surface area (TPSA) is 0 Å². The molecular weight excluding hydrogens is 259 g/mol. The van der Waals surface area contributed by atoms with Crippen molar-refractivity contribution in [3.63, 3.8) is 0 Å². The van der Waals surface area contributed by atoms with Gasteiger partial charge in [0.15, 0.2) is 0 Å². The number of hydrogen-bond donors (Lipinski definition) is 0. The van der Waals surface area contributed by atoms with Crippen molar-refractivity contribution in [2.24, 2.45) is 0 Å². The molecular formula is C20H23F. The summed E-state index contributed by atoms with van der Waals surface area (Å²) in [5.41, 5.74) is 5.24. The predicted octanol–water partition coefficient (Wildman–Crippen LogP) is 5.96. The van der Waals surface area contributed by atoms with Crippen LogP contribution in [0.4, 0.5) is 4.39 Å². The quantitative estimate of drug-likeness (QED) is 0.634. The van der Waals surface area contributed by atoms with E-state index < -0.39 is 0 Å². The molecule has 0 heterocycles. The van der Waals surface area contributed by atoms with Crippen LogP contribution in [0.2, 0.25) is 0 Å². The van der Waals surface area contributed by atoms with Gasteiger partial charge in [0, 0.05) is 0 Å². The van der Waals surface area contributed by atoms with Gasteiger partial charge in [-0.2, -0.15) is 0 Å². The molecule has 0 amide bonds. The van der Waals surface area contributed by atoms with Crippen molar-refractivity contribution in [2.45, 2.75) is 39.5 Å². The van der Waals surface area contributed by atoms with E-state index in [0.29, 0.717) is 0 Å². The van der Waals surface area contributed by atoms with E-state index in [1.165, 1.54) is 5.56 Å². The van der Waals surface area contributed by atoms with Crippen LogP contribution >= 0.6 is 0 Å². The lowest BCUT2D eigenvalue weighted by atomic mass is 9.95. The van der Waals surface area contributed by atoms with Gasteiger partial charge in [-0.05, 0) is 54.0 Å². The Balaban J connectivity index is 2.16. The minimum absolute atomic E-state index is 0.0830. The van der Waals surface area contributed by atoms with Crippen molar-refractivity contribution in [2.75, 3.05) is 0 Å². The van der Waals surface area contributed by atoms with Gasteiger partial charge in [-0.3, -0.25) is 0 Å². The number of rotatable bonds is 5. The van der Waals surface area contributed by atoms with E-state index in [4.69, 9.17) is 0 Å². The highest BCUT2D eigenvalue weighted by Crippen LogP contribution is 2.24. The number of allylic oxidation sites excluding steroid dienone is 1. The average molecular weight is 282 g/mol. The van der Waals surface area contributed by atoms with Crippen molar-refractivity contribution in [3.8, 4) is 0 Å². The van der Waals surface area contributed by atoms with Gasteiger partial charge < -0.3 is 0 Å². The maximum Gasteiger partial charge on any atom is 0.126 e. The first-order chi connectivity index (χ1) is 10.0. The minimum Gasteiger partial charge on any atom is -0.207 e. The summed E-state index contributed by atoms with van der Waals surface area (Å²) in [5.74, 6) is 0.189. The van der Waals surface area contributed by atoms with Gasteiger partial charge in [0.1, 0.15) is 5.82 Å². The Morgan fingerprint density at radius 2 is 1.71 bits per heavy atom. The maximum atomic E-state index is 14.1. The van der Waals surface area contributed by atoms with Crippen LogP contribution in [0.1, 0.15) is 55.4 Å². The third kappa shape index (κ3) is 3.81. The third-order valence-corrected chi connectivity index (χ3v) is 4.06. The van der Waals surface area contributed by atoms with Gasteiger partial charge in [-0.1, -0.05) is 62.4 Å². The maximum absolute atomic E-state index is 14.1. The Morgan fingerprint density at radius 1 is 1.10 bits per heavy atom. The lowest BCUT2D eigenvalue weighted by molar-refractivity contribution is 0.582. The SMILES string of the molecule is C=C(C)c1ccc(Cc2ccc(C(C)CC)c(F)c2)cc1. The summed E-state index contributed by atoms with van der Waals surface area (Å²) < 4.78 is 14.1. The molecule has 0 N–H and O–H groups in total. The zero-order valence-electron chi connectivity index (χ0n) is 13.1. The van der Waals surface area contributed by atoms with Gasteiger partial charge in [-0.15, -0.1) is 0 Å². The summed E-state index contributed by atoms with van der Waals surface area (Å²) >= 11 is 0. The van der Waals surface area contributed by atoms with Crippen LogP contribution in [0.25, 0.3) is 5.57 Å². The number of halogens is 1. The molecule has 0 nitrogen and oxygen atoms in total. The molecule has 2 aromatic rings. The molecule has 0 spiro atoms. The first kappa shape index (κ1) is 15.5. The van der Waals surface area contributed by atoms with Crippen LogP contribution in [0.15, 0.2) is 49.0 Å². The minimum atomic E-state index is -0.0830. The van der Waals surface area contributed by atoms with E-state index in [1.807, 2.05) is 19.1 Å². The molecule has 1 unspecified atom stereocenters. The summed E-state index contributed by atoms with van der Waals surface area (Å²) in [4.78, 5) is 0. The van der Waals surface area contributed by atoms with E-state index in [2.05, 4.69) is 44.7 Å². The Hall–Kier alpha value is -1.89. The second-order valence-electron chi connectivity index (χ2n) is 5.82. The van der Waals surface area contributed by atoms with Crippen LogP contribution in [-0.4, -0.2) is 0 Å². The molecule has 1 atom stereocenters. The lowest BCUT2D eigenvalue weighted by Crippen LogP contribution is -1.98. The van der Waals surface area contributed by atoms with Gasteiger partial charge in [0.05, 0.1) is 0 Å². The fourth-order valence-corrected chi connectivity index (χ4v) is 2.44. The highest BCUT2D eigenvalue weighted by atomic mass is 19.1. The fourth-order valence-electron chi connectivity index (χ4n) is 2.44. The molecule has 0 aliphatic carbocycles. The Labute approximate surface area is 127 Å². The van der Waals surface area contributed by atoms with Crippen LogP contribution in [0, 0.1) is 5.82 Å². The summed E-state index contributed by atoms with van der Waals surface area (Å²) in [6.07, 6.45) is 1.72. The smallest absolute Gasteiger partial charge is 0.126 e. The summed E-state index contributed by atoms with van der Waals surface area (Å²) in [6.45, 7) is 10.1. The molecule has 2 rings (SSSR count). The zero-order chi connectivity index (χ0) is 15.4.